The zero-order valence-corrected chi connectivity index (χ0v) is 12.2. The second-order valence-corrected chi connectivity index (χ2v) is 4.85. The summed E-state index contributed by atoms with van der Waals surface area (Å²) < 4.78 is 0. The van der Waals surface area contributed by atoms with E-state index < -0.39 is 0 Å². The number of hydrogen-bond donors (Lipinski definition) is 0. The summed E-state index contributed by atoms with van der Waals surface area (Å²) in [5.41, 5.74) is 3.58. The molecular formula is C20H16N2. The molecule has 0 heterocycles. The van der Waals surface area contributed by atoms with Crippen molar-refractivity contribution < 1.29 is 0 Å². The summed E-state index contributed by atoms with van der Waals surface area (Å²) in [6.45, 7) is 0. The van der Waals surface area contributed by atoms with Gasteiger partial charge in [0.15, 0.2) is 0 Å². The van der Waals surface area contributed by atoms with Crippen LogP contribution >= 0.6 is 0 Å². The van der Waals surface area contributed by atoms with Gasteiger partial charge in [-0.15, -0.1) is 0 Å². The molecule has 2 rings (SSSR count). The third-order valence-electron chi connectivity index (χ3n) is 3.20. The van der Waals surface area contributed by atoms with E-state index in [1.54, 1.807) is 0 Å². The van der Waals surface area contributed by atoms with Crippen molar-refractivity contribution in [2.75, 3.05) is 0 Å². The van der Waals surface area contributed by atoms with Crippen LogP contribution in [-0.2, 0) is 0 Å². The van der Waals surface area contributed by atoms with Gasteiger partial charge in [-0.1, -0.05) is 48.6 Å². The van der Waals surface area contributed by atoms with E-state index >= 15 is 0 Å². The summed E-state index contributed by atoms with van der Waals surface area (Å²) >= 11 is 0. The Bertz CT molecular complexity index is 669. The fourth-order valence-corrected chi connectivity index (χ4v) is 1.97. The van der Waals surface area contributed by atoms with Crippen molar-refractivity contribution in [1.82, 2.24) is 0 Å². The molecule has 0 unspecified atom stereocenters. The van der Waals surface area contributed by atoms with Crippen molar-refractivity contribution in [2.24, 2.45) is 0 Å². The van der Waals surface area contributed by atoms with Gasteiger partial charge in [0.05, 0.1) is 23.3 Å². The first kappa shape index (κ1) is 15.3. The molecule has 2 aromatic rings. The number of allylic oxidation sites excluding steroid dienone is 2. The van der Waals surface area contributed by atoms with Crippen LogP contribution in [0, 0.1) is 22.7 Å². The molecule has 0 aliphatic heterocycles. The molecule has 0 fully saturated rings. The third kappa shape index (κ3) is 4.78. The average molecular weight is 284 g/mol. The molecule has 0 amide bonds. The molecule has 0 saturated heterocycles. The minimum absolute atomic E-state index is 0.683. The van der Waals surface area contributed by atoms with Crippen LogP contribution in [0.4, 0.5) is 0 Å². The van der Waals surface area contributed by atoms with Crippen molar-refractivity contribution >= 4 is 12.2 Å². The minimum atomic E-state index is 0.683. The summed E-state index contributed by atoms with van der Waals surface area (Å²) in [4.78, 5) is 0. The van der Waals surface area contributed by atoms with E-state index in [1.807, 2.05) is 48.5 Å². The van der Waals surface area contributed by atoms with Crippen LogP contribution in [0.1, 0.15) is 35.1 Å². The summed E-state index contributed by atoms with van der Waals surface area (Å²) in [5.74, 6) is 0. The fraction of sp³-hybridized carbons (Fsp3) is 0.100. The maximum absolute atomic E-state index is 8.73. The highest BCUT2D eigenvalue weighted by Gasteiger charge is 1.90. The van der Waals surface area contributed by atoms with Crippen LogP contribution in [0.15, 0.2) is 60.7 Å². The van der Waals surface area contributed by atoms with Crippen LogP contribution < -0.4 is 0 Å². The van der Waals surface area contributed by atoms with Gasteiger partial charge in [0.25, 0.3) is 0 Å². The monoisotopic (exact) mass is 284 g/mol. The molecule has 2 heteroatoms. The highest BCUT2D eigenvalue weighted by atomic mass is 14.2. The molecule has 0 saturated carbocycles. The summed E-state index contributed by atoms with van der Waals surface area (Å²) in [6.07, 6.45) is 10.3. The van der Waals surface area contributed by atoms with Gasteiger partial charge in [-0.2, -0.15) is 10.5 Å². The molecule has 2 aromatic carbocycles. The number of hydrogen-bond acceptors (Lipinski definition) is 2. The largest absolute Gasteiger partial charge is 0.192 e. The van der Waals surface area contributed by atoms with E-state index in [0.717, 1.165) is 24.0 Å². The number of nitriles is 2. The van der Waals surface area contributed by atoms with E-state index in [2.05, 4.69) is 36.4 Å². The van der Waals surface area contributed by atoms with Crippen LogP contribution in [-0.4, -0.2) is 0 Å². The van der Waals surface area contributed by atoms with Gasteiger partial charge in [0.2, 0.25) is 0 Å². The molecule has 0 N–H and O–H groups in total. The SMILES string of the molecule is N#Cc1ccc(/C=C/CC/C=C/c2ccc(C#N)cc2)cc1. The lowest BCUT2D eigenvalue weighted by atomic mass is 10.1. The third-order valence-corrected chi connectivity index (χ3v) is 3.20. The van der Waals surface area contributed by atoms with Crippen molar-refractivity contribution in [1.29, 1.82) is 10.5 Å². The quantitative estimate of drug-likeness (QED) is 0.730. The molecular weight excluding hydrogens is 268 g/mol. The summed E-state index contributed by atoms with van der Waals surface area (Å²) in [5, 5.41) is 17.5. The lowest BCUT2D eigenvalue weighted by molar-refractivity contribution is 1.06. The highest BCUT2D eigenvalue weighted by Crippen LogP contribution is 2.08. The first-order valence-corrected chi connectivity index (χ1v) is 7.15. The molecule has 0 bridgehead atoms. The molecule has 0 aliphatic carbocycles. The molecule has 2 nitrogen and oxygen atoms in total. The lowest BCUT2D eigenvalue weighted by Gasteiger charge is -1.94. The molecule has 0 spiro atoms. The first-order valence-electron chi connectivity index (χ1n) is 7.15. The molecule has 0 aliphatic rings. The second kappa shape index (κ2) is 8.25. The Labute approximate surface area is 131 Å². The van der Waals surface area contributed by atoms with E-state index in [4.69, 9.17) is 10.5 Å². The van der Waals surface area contributed by atoms with Crippen LogP contribution in [0.25, 0.3) is 12.2 Å². The molecule has 0 aromatic heterocycles. The standard InChI is InChI=1S/C20H16N2/c21-15-19-11-7-17(8-12-19)5-3-1-2-4-6-18-9-13-20(16-22)14-10-18/h3-14H,1-2H2/b5-3+,6-4+. The van der Waals surface area contributed by atoms with Gasteiger partial charge in [-0.05, 0) is 48.2 Å². The molecule has 0 atom stereocenters. The Kier molecular flexibility index (Phi) is 5.73. The van der Waals surface area contributed by atoms with E-state index in [9.17, 15) is 0 Å². The zero-order valence-electron chi connectivity index (χ0n) is 12.2. The van der Waals surface area contributed by atoms with Gasteiger partial charge < -0.3 is 0 Å². The van der Waals surface area contributed by atoms with E-state index in [0.29, 0.717) is 11.1 Å². The van der Waals surface area contributed by atoms with Crippen molar-refractivity contribution in [3.8, 4) is 12.1 Å². The molecule has 0 radical (unpaired) electrons. The topological polar surface area (TPSA) is 47.6 Å². The Morgan fingerprint density at radius 2 is 1.00 bits per heavy atom. The van der Waals surface area contributed by atoms with Crippen LogP contribution in [0.5, 0.6) is 0 Å². The fourth-order valence-electron chi connectivity index (χ4n) is 1.97. The smallest absolute Gasteiger partial charge is 0.0991 e. The van der Waals surface area contributed by atoms with Gasteiger partial charge in [-0.3, -0.25) is 0 Å². The van der Waals surface area contributed by atoms with Gasteiger partial charge >= 0.3 is 0 Å². The Balaban J connectivity index is 1.78. The van der Waals surface area contributed by atoms with Crippen LogP contribution in [0.2, 0.25) is 0 Å². The number of unbranched alkanes of at least 4 members (excludes halogenated alkanes) is 1. The van der Waals surface area contributed by atoms with E-state index in [1.165, 1.54) is 0 Å². The summed E-state index contributed by atoms with van der Waals surface area (Å²) in [6, 6.07) is 19.3. The number of rotatable bonds is 5. The lowest BCUT2D eigenvalue weighted by Crippen LogP contribution is -1.76. The average Bonchev–Trinajstić information content (AvgIpc) is 2.59. The predicted octanol–water partition coefficient (Wildman–Crippen LogP) is 4.94. The number of nitrogens with zero attached hydrogens (tertiary/aromatic N) is 2. The Morgan fingerprint density at radius 1 is 0.636 bits per heavy atom. The molecule has 22 heavy (non-hydrogen) atoms. The highest BCUT2D eigenvalue weighted by molar-refractivity contribution is 5.52. The van der Waals surface area contributed by atoms with Gasteiger partial charge in [0.1, 0.15) is 0 Å². The zero-order chi connectivity index (χ0) is 15.6. The second-order valence-electron chi connectivity index (χ2n) is 4.85. The maximum Gasteiger partial charge on any atom is 0.0991 e. The van der Waals surface area contributed by atoms with Crippen molar-refractivity contribution in [2.45, 2.75) is 12.8 Å². The van der Waals surface area contributed by atoms with Gasteiger partial charge in [0, 0.05) is 0 Å². The Hall–Kier alpha value is -3.10. The van der Waals surface area contributed by atoms with Crippen molar-refractivity contribution in [3.05, 3.63) is 82.9 Å². The van der Waals surface area contributed by atoms with Gasteiger partial charge in [-0.25, -0.2) is 0 Å². The molecule has 106 valence electrons. The minimum Gasteiger partial charge on any atom is -0.192 e. The van der Waals surface area contributed by atoms with E-state index in [-0.39, 0.29) is 0 Å². The normalized spacial score (nSPS) is 10.6. The predicted molar refractivity (Wildman–Crippen MR) is 89.6 cm³/mol. The first-order chi connectivity index (χ1) is 10.8. The van der Waals surface area contributed by atoms with Crippen molar-refractivity contribution in [3.63, 3.8) is 0 Å². The maximum atomic E-state index is 8.73. The Morgan fingerprint density at radius 3 is 1.32 bits per heavy atom. The van der Waals surface area contributed by atoms with Crippen LogP contribution in [0.3, 0.4) is 0 Å². The number of benzene rings is 2. The summed E-state index contributed by atoms with van der Waals surface area (Å²) in [7, 11) is 0.